The predicted molar refractivity (Wildman–Crippen MR) is 67.0 cm³/mol. The molecule has 0 unspecified atom stereocenters. The summed E-state index contributed by atoms with van der Waals surface area (Å²) in [4.78, 5) is 0. The van der Waals surface area contributed by atoms with Crippen LogP contribution in [0, 0.1) is 0 Å². The van der Waals surface area contributed by atoms with Gasteiger partial charge in [-0.05, 0) is 35.1 Å². The Hall–Kier alpha value is -1.63. The smallest absolute Gasteiger partial charge is 0.258 e. The Morgan fingerprint density at radius 2 is 2.00 bits per heavy atom. The lowest BCUT2D eigenvalue weighted by atomic mass is 10.0. The van der Waals surface area contributed by atoms with Crippen LogP contribution in [0.2, 0.25) is 0 Å². The molecule has 0 spiro atoms. The fraction of sp³-hybridized carbons (Fsp3) is 0.214. The number of hydrogen-bond donors (Lipinski definition) is 0. The molecule has 0 radical (unpaired) electrons. The molecule has 0 saturated carbocycles. The number of hydrogen-bond acceptors (Lipinski definition) is 0. The Kier molecular flexibility index (Phi) is 3.62. The number of rotatable bonds is 0. The minimum absolute atomic E-state index is 0. The van der Waals surface area contributed by atoms with E-state index >= 15 is 0 Å². The maximum atomic E-state index is 5.17. The van der Waals surface area contributed by atoms with Crippen LogP contribution < -0.4 is 10.4 Å². The minimum Gasteiger partial charge on any atom is -0.258 e. The summed E-state index contributed by atoms with van der Waals surface area (Å²) < 4.78 is 5.17. The molecule has 0 amide bonds. The van der Waals surface area contributed by atoms with Gasteiger partial charge in [-0.1, -0.05) is 25.6 Å². The van der Waals surface area contributed by atoms with Crippen molar-refractivity contribution in [3.05, 3.63) is 40.3 Å². The highest BCUT2D eigenvalue weighted by Gasteiger charge is 2.06. The number of fused-ring (bicyclic) bond motifs is 1. The average Bonchev–Trinajstić information content (AvgIpc) is 2.27. The molecule has 1 nitrogen and oxygen atoms in total. The van der Waals surface area contributed by atoms with Gasteiger partial charge in [-0.2, -0.15) is 0 Å². The molecule has 2 rings (SSSR count). The van der Waals surface area contributed by atoms with Crippen LogP contribution in [0.15, 0.2) is 24.3 Å². The molecule has 1 aliphatic carbocycles. The zero-order valence-electron chi connectivity index (χ0n) is 8.45. The summed E-state index contributed by atoms with van der Waals surface area (Å²) in [5.41, 5.74) is 1.25. The second kappa shape index (κ2) is 4.74. The van der Waals surface area contributed by atoms with Crippen LogP contribution in [0.4, 0.5) is 0 Å². The third-order valence-electron chi connectivity index (χ3n) is 2.40. The molecule has 0 N–H and O–H groups in total. The quantitative estimate of drug-likeness (QED) is 0.566. The Morgan fingerprint density at radius 1 is 1.20 bits per heavy atom. The van der Waals surface area contributed by atoms with E-state index in [4.69, 9.17) is 4.42 Å². The molecule has 78 valence electrons. The second-order valence-corrected chi connectivity index (χ2v) is 3.26. The van der Waals surface area contributed by atoms with E-state index in [1.807, 2.05) is 13.0 Å². The Morgan fingerprint density at radius 3 is 2.67 bits per heavy atom. The van der Waals surface area contributed by atoms with Crippen LogP contribution in [0.5, 0.6) is 0 Å². The first-order valence-electron chi connectivity index (χ1n) is 4.70. The highest BCUT2D eigenvalue weighted by Crippen LogP contribution is 1.98. The average molecular weight is 201 g/mol. The van der Waals surface area contributed by atoms with E-state index in [9.17, 15) is 0 Å². The largest absolute Gasteiger partial charge is 0.343 e. The van der Waals surface area contributed by atoms with Gasteiger partial charge in [-0.15, -0.1) is 0 Å². The molecule has 1 heteroatoms. The maximum Gasteiger partial charge on any atom is 0.343 e. The van der Waals surface area contributed by atoms with E-state index < -0.39 is 0 Å². The van der Waals surface area contributed by atoms with Crippen LogP contribution in [-0.4, -0.2) is 12.9 Å². The van der Waals surface area contributed by atoms with Crippen molar-refractivity contribution >= 4 is 24.0 Å². The Bertz CT molecular complexity index is 519. The fourth-order valence-corrected chi connectivity index (χ4v) is 1.55. The first-order valence-corrected chi connectivity index (χ1v) is 4.70. The SMILES string of the molecule is C.CC=c1ccc2c(c1)C=CC(=[O+]C)C=2. The van der Waals surface area contributed by atoms with Crippen molar-refractivity contribution < 1.29 is 4.42 Å². The third-order valence-corrected chi connectivity index (χ3v) is 2.40. The van der Waals surface area contributed by atoms with E-state index in [0.717, 1.165) is 5.78 Å². The Balaban J connectivity index is 0.00000112. The molecular weight excluding hydrogens is 184 g/mol. The van der Waals surface area contributed by atoms with Gasteiger partial charge in [0.15, 0.2) is 0 Å². The van der Waals surface area contributed by atoms with Crippen LogP contribution in [0.1, 0.15) is 19.9 Å². The van der Waals surface area contributed by atoms with Crippen molar-refractivity contribution in [3.63, 3.8) is 0 Å². The molecular formula is C14H17O+. The maximum absolute atomic E-state index is 5.17. The number of ketones is 1. The van der Waals surface area contributed by atoms with Crippen molar-refractivity contribution in [2.45, 2.75) is 14.4 Å². The van der Waals surface area contributed by atoms with Crippen LogP contribution in [-0.2, 0) is 4.42 Å². The predicted octanol–water partition coefficient (Wildman–Crippen LogP) is 1.67. The van der Waals surface area contributed by atoms with Gasteiger partial charge in [0.05, 0.1) is 0 Å². The second-order valence-electron chi connectivity index (χ2n) is 3.26. The van der Waals surface area contributed by atoms with E-state index in [0.29, 0.717) is 0 Å². The molecule has 15 heavy (non-hydrogen) atoms. The lowest BCUT2D eigenvalue weighted by Gasteiger charge is -1.98. The van der Waals surface area contributed by atoms with Crippen molar-refractivity contribution in [1.29, 1.82) is 0 Å². The van der Waals surface area contributed by atoms with Gasteiger partial charge in [0.25, 0.3) is 7.11 Å². The van der Waals surface area contributed by atoms with Gasteiger partial charge in [-0.25, -0.2) is 0 Å². The zero-order chi connectivity index (χ0) is 9.97. The number of benzene rings is 1. The van der Waals surface area contributed by atoms with E-state index in [2.05, 4.69) is 36.4 Å². The van der Waals surface area contributed by atoms with E-state index in [1.54, 1.807) is 7.11 Å². The number of carbonyl (C=O) groups excluding carboxylic acids is 1. The number of allylic oxidation sites excluding steroid dienone is 1. The molecule has 0 fully saturated rings. The summed E-state index contributed by atoms with van der Waals surface area (Å²) in [6.45, 7) is 2.05. The topological polar surface area (TPSA) is 11.3 Å². The Labute approximate surface area is 90.8 Å². The molecule has 0 aromatic heterocycles. The van der Waals surface area contributed by atoms with Crippen LogP contribution in [0.25, 0.3) is 18.2 Å². The zero-order valence-corrected chi connectivity index (χ0v) is 8.45. The van der Waals surface area contributed by atoms with E-state index in [1.165, 1.54) is 16.0 Å². The van der Waals surface area contributed by atoms with Crippen molar-refractivity contribution in [2.75, 3.05) is 7.11 Å². The van der Waals surface area contributed by atoms with Crippen molar-refractivity contribution in [2.24, 2.45) is 0 Å². The molecule has 0 heterocycles. The normalized spacial score (nSPS) is 16.9. The van der Waals surface area contributed by atoms with Gasteiger partial charge in [0.2, 0.25) is 0 Å². The van der Waals surface area contributed by atoms with Gasteiger partial charge in [-0.3, -0.25) is 4.42 Å². The standard InChI is InChI=1S/C13H13O.CH4/c1-3-10-4-5-12-9-13(14-2)7-6-11(12)8-10;/h3-9H,1-2H3;1H4/q+1;. The lowest BCUT2D eigenvalue weighted by molar-refractivity contribution is -0.417. The molecule has 1 aromatic rings. The molecule has 0 aliphatic heterocycles. The monoisotopic (exact) mass is 201 g/mol. The third kappa shape index (κ3) is 2.24. The minimum atomic E-state index is 0. The van der Waals surface area contributed by atoms with Crippen LogP contribution >= 0.6 is 0 Å². The van der Waals surface area contributed by atoms with Gasteiger partial charge < -0.3 is 0 Å². The lowest BCUT2D eigenvalue weighted by Crippen LogP contribution is -2.16. The highest BCUT2D eigenvalue weighted by atomic mass is 16.4. The summed E-state index contributed by atoms with van der Waals surface area (Å²) >= 11 is 0. The van der Waals surface area contributed by atoms with Crippen molar-refractivity contribution in [3.8, 4) is 0 Å². The molecule has 0 atom stereocenters. The van der Waals surface area contributed by atoms with Gasteiger partial charge >= 0.3 is 5.78 Å². The molecule has 0 saturated heterocycles. The summed E-state index contributed by atoms with van der Waals surface area (Å²) in [7, 11) is 1.69. The highest BCUT2D eigenvalue weighted by molar-refractivity contribution is 6.17. The molecule has 1 aliphatic rings. The fourth-order valence-electron chi connectivity index (χ4n) is 1.55. The van der Waals surface area contributed by atoms with Gasteiger partial charge in [0.1, 0.15) is 0 Å². The molecule has 0 bridgehead atoms. The molecule has 1 aromatic carbocycles. The summed E-state index contributed by atoms with van der Waals surface area (Å²) in [6, 6.07) is 6.41. The van der Waals surface area contributed by atoms with Crippen LogP contribution in [0.3, 0.4) is 0 Å². The van der Waals surface area contributed by atoms with Crippen molar-refractivity contribution in [1.82, 2.24) is 0 Å². The summed E-state index contributed by atoms with van der Waals surface area (Å²) in [6.07, 6.45) is 8.22. The summed E-state index contributed by atoms with van der Waals surface area (Å²) in [5.74, 6) is 0.908. The summed E-state index contributed by atoms with van der Waals surface area (Å²) in [5, 5.41) is 2.47. The first kappa shape index (κ1) is 11.4. The first-order chi connectivity index (χ1) is 6.83. The van der Waals surface area contributed by atoms with Gasteiger partial charge in [0, 0.05) is 12.2 Å². The van der Waals surface area contributed by atoms with E-state index in [-0.39, 0.29) is 7.43 Å².